The lowest BCUT2D eigenvalue weighted by molar-refractivity contribution is 0.0728. The molecular weight excluding hydrogens is 442 g/mol. The molecular formula is C28H27N3O4. The molecule has 5 rings (SSSR count). The second-order valence-corrected chi connectivity index (χ2v) is 8.96. The lowest BCUT2D eigenvalue weighted by Gasteiger charge is -2.20. The van der Waals surface area contributed by atoms with Crippen LogP contribution in [-0.2, 0) is 6.42 Å². The van der Waals surface area contributed by atoms with Crippen molar-refractivity contribution in [3.8, 4) is 17.2 Å². The molecule has 178 valence electrons. The third-order valence-electron chi connectivity index (χ3n) is 6.65. The standard InChI is InChI=1S/C28H27N3O4/c1-19-5-4-15-30(19)16-13-20-8-9-22-18-23(11-10-21(22)17-20)31-27(33)26(12-14-29-31)35-28(34)24-6-2-3-7-25(24)32/h2-3,6-12,14,17-19,32H,4-5,13,15-16H2,1H3/t19-/m1/s1. The van der Waals surface area contributed by atoms with E-state index in [1.54, 1.807) is 12.1 Å². The van der Waals surface area contributed by atoms with Gasteiger partial charge in [-0.3, -0.25) is 4.79 Å². The zero-order chi connectivity index (χ0) is 24.4. The van der Waals surface area contributed by atoms with Gasteiger partial charge in [-0.15, -0.1) is 0 Å². The van der Waals surface area contributed by atoms with E-state index in [0.717, 1.165) is 23.7 Å². The van der Waals surface area contributed by atoms with Crippen LogP contribution in [0.4, 0.5) is 0 Å². The number of hydrogen-bond acceptors (Lipinski definition) is 6. The maximum absolute atomic E-state index is 13.0. The molecule has 1 fully saturated rings. The van der Waals surface area contributed by atoms with Crippen LogP contribution < -0.4 is 10.3 Å². The summed E-state index contributed by atoms with van der Waals surface area (Å²) in [6.07, 6.45) is 4.97. The molecule has 7 heteroatoms. The van der Waals surface area contributed by atoms with Gasteiger partial charge in [-0.2, -0.15) is 9.78 Å². The van der Waals surface area contributed by atoms with Crippen molar-refractivity contribution in [1.82, 2.24) is 14.7 Å². The van der Waals surface area contributed by atoms with Crippen LogP contribution in [-0.4, -0.2) is 44.9 Å². The molecule has 35 heavy (non-hydrogen) atoms. The van der Waals surface area contributed by atoms with Crippen molar-refractivity contribution in [2.75, 3.05) is 13.1 Å². The van der Waals surface area contributed by atoms with Crippen molar-refractivity contribution in [3.63, 3.8) is 0 Å². The van der Waals surface area contributed by atoms with Gasteiger partial charge in [0.2, 0.25) is 0 Å². The number of aromatic hydroxyl groups is 1. The fraction of sp³-hybridized carbons (Fsp3) is 0.250. The Balaban J connectivity index is 1.36. The summed E-state index contributed by atoms with van der Waals surface area (Å²) in [7, 11) is 0. The van der Waals surface area contributed by atoms with Crippen LogP contribution in [0.25, 0.3) is 16.5 Å². The predicted molar refractivity (Wildman–Crippen MR) is 134 cm³/mol. The zero-order valence-electron chi connectivity index (χ0n) is 19.6. The number of rotatable bonds is 6. The SMILES string of the molecule is C[C@@H]1CCCN1CCc1ccc2cc(-n3nccc(OC(=O)c4ccccc4O)c3=O)ccc2c1. The Hall–Kier alpha value is -3.97. The number of benzene rings is 3. The summed E-state index contributed by atoms with van der Waals surface area (Å²) < 4.78 is 6.48. The van der Waals surface area contributed by atoms with Gasteiger partial charge in [-0.05, 0) is 73.3 Å². The molecule has 1 aliphatic rings. The fourth-order valence-electron chi connectivity index (χ4n) is 4.63. The van der Waals surface area contributed by atoms with E-state index in [-0.39, 0.29) is 17.1 Å². The maximum Gasteiger partial charge on any atom is 0.347 e. The Kier molecular flexibility index (Phi) is 6.33. The number of hydrogen-bond donors (Lipinski definition) is 1. The van der Waals surface area contributed by atoms with Crippen molar-refractivity contribution in [1.29, 1.82) is 0 Å². The number of esters is 1. The third-order valence-corrected chi connectivity index (χ3v) is 6.65. The minimum absolute atomic E-state index is 0.0176. The Morgan fingerprint density at radius 1 is 1.09 bits per heavy atom. The lowest BCUT2D eigenvalue weighted by atomic mass is 10.0. The molecule has 0 amide bonds. The minimum atomic E-state index is -0.813. The highest BCUT2D eigenvalue weighted by atomic mass is 16.5. The van der Waals surface area contributed by atoms with Crippen molar-refractivity contribution in [3.05, 3.63) is 94.4 Å². The van der Waals surface area contributed by atoms with E-state index in [0.29, 0.717) is 11.7 Å². The van der Waals surface area contributed by atoms with Crippen LogP contribution in [0, 0.1) is 0 Å². The summed E-state index contributed by atoms with van der Waals surface area (Å²) in [5, 5.41) is 16.1. The Labute approximate surface area is 203 Å². The van der Waals surface area contributed by atoms with Gasteiger partial charge in [0.25, 0.3) is 0 Å². The highest BCUT2D eigenvalue weighted by Gasteiger charge is 2.19. The van der Waals surface area contributed by atoms with Crippen molar-refractivity contribution in [2.45, 2.75) is 32.2 Å². The van der Waals surface area contributed by atoms with Gasteiger partial charge in [0, 0.05) is 18.7 Å². The molecule has 0 saturated carbocycles. The summed E-state index contributed by atoms with van der Waals surface area (Å²) in [4.78, 5) is 28.0. The zero-order valence-corrected chi connectivity index (χ0v) is 19.6. The van der Waals surface area contributed by atoms with E-state index in [2.05, 4.69) is 35.1 Å². The van der Waals surface area contributed by atoms with E-state index >= 15 is 0 Å². The molecule has 1 aromatic heterocycles. The first-order valence-corrected chi connectivity index (χ1v) is 11.9. The normalized spacial score (nSPS) is 16.0. The summed E-state index contributed by atoms with van der Waals surface area (Å²) in [6.45, 7) is 4.55. The van der Waals surface area contributed by atoms with Crippen LogP contribution in [0.15, 0.2) is 77.7 Å². The van der Waals surface area contributed by atoms with Gasteiger partial charge in [-0.1, -0.05) is 36.4 Å². The van der Waals surface area contributed by atoms with E-state index in [9.17, 15) is 14.7 Å². The summed E-state index contributed by atoms with van der Waals surface area (Å²) in [6, 6.07) is 20.1. The van der Waals surface area contributed by atoms with Gasteiger partial charge in [0.1, 0.15) is 11.3 Å². The first kappa shape index (κ1) is 22.8. The van der Waals surface area contributed by atoms with Gasteiger partial charge < -0.3 is 14.7 Å². The smallest absolute Gasteiger partial charge is 0.347 e. The molecule has 1 saturated heterocycles. The maximum atomic E-state index is 13.0. The summed E-state index contributed by atoms with van der Waals surface area (Å²) in [5.74, 6) is -1.19. The topological polar surface area (TPSA) is 84.7 Å². The van der Waals surface area contributed by atoms with Crippen molar-refractivity contribution < 1.29 is 14.6 Å². The van der Waals surface area contributed by atoms with Crippen LogP contribution in [0.5, 0.6) is 11.5 Å². The molecule has 0 bridgehead atoms. The largest absolute Gasteiger partial charge is 0.507 e. The number of fused-ring (bicyclic) bond motifs is 1. The quantitative estimate of drug-likeness (QED) is 0.423. The molecule has 1 atom stereocenters. The van der Waals surface area contributed by atoms with Crippen LogP contribution in [0.3, 0.4) is 0 Å². The first-order valence-electron chi connectivity index (χ1n) is 11.9. The number of aromatic nitrogens is 2. The Bertz CT molecular complexity index is 1450. The monoisotopic (exact) mass is 469 g/mol. The number of phenolic OH excluding ortho intramolecular Hbond substituents is 1. The number of carbonyl (C=O) groups is 1. The predicted octanol–water partition coefficient (Wildman–Crippen LogP) is 4.34. The summed E-state index contributed by atoms with van der Waals surface area (Å²) in [5.41, 5.74) is 1.28. The van der Waals surface area contributed by atoms with Crippen LogP contribution in [0.2, 0.25) is 0 Å². The van der Waals surface area contributed by atoms with Crippen LogP contribution in [0.1, 0.15) is 35.7 Å². The summed E-state index contributed by atoms with van der Waals surface area (Å²) >= 11 is 0. The lowest BCUT2D eigenvalue weighted by Crippen LogP contribution is -2.28. The molecule has 1 N–H and O–H groups in total. The minimum Gasteiger partial charge on any atom is -0.507 e. The molecule has 0 unspecified atom stereocenters. The van der Waals surface area contributed by atoms with E-state index < -0.39 is 11.5 Å². The highest BCUT2D eigenvalue weighted by molar-refractivity contribution is 5.93. The van der Waals surface area contributed by atoms with E-state index in [1.807, 2.05) is 18.2 Å². The number of para-hydroxylation sites is 1. The fourth-order valence-corrected chi connectivity index (χ4v) is 4.63. The molecule has 2 heterocycles. The molecule has 4 aromatic rings. The average Bonchev–Trinajstić information content (AvgIpc) is 3.28. The molecule has 1 aliphatic heterocycles. The van der Waals surface area contributed by atoms with E-state index in [1.165, 1.54) is 54.0 Å². The van der Waals surface area contributed by atoms with Gasteiger partial charge in [0.05, 0.1) is 11.9 Å². The van der Waals surface area contributed by atoms with Gasteiger partial charge >= 0.3 is 11.5 Å². The molecule has 0 radical (unpaired) electrons. The first-order chi connectivity index (χ1) is 17.0. The highest BCUT2D eigenvalue weighted by Crippen LogP contribution is 2.22. The second-order valence-electron chi connectivity index (χ2n) is 8.96. The van der Waals surface area contributed by atoms with Crippen LogP contribution >= 0.6 is 0 Å². The number of nitrogens with zero attached hydrogens (tertiary/aromatic N) is 3. The Morgan fingerprint density at radius 2 is 1.89 bits per heavy atom. The van der Waals surface area contributed by atoms with Crippen molar-refractivity contribution >= 4 is 16.7 Å². The number of ether oxygens (including phenoxy) is 1. The second kappa shape index (κ2) is 9.72. The Morgan fingerprint density at radius 3 is 2.69 bits per heavy atom. The third kappa shape index (κ3) is 4.81. The number of carbonyl (C=O) groups excluding carboxylic acids is 1. The molecule has 0 aliphatic carbocycles. The van der Waals surface area contributed by atoms with Gasteiger partial charge in [-0.25, -0.2) is 4.79 Å². The van der Waals surface area contributed by atoms with Crippen molar-refractivity contribution in [2.24, 2.45) is 0 Å². The molecule has 7 nitrogen and oxygen atoms in total. The van der Waals surface area contributed by atoms with E-state index in [4.69, 9.17) is 4.74 Å². The molecule has 0 spiro atoms. The van der Waals surface area contributed by atoms with Gasteiger partial charge in [0.15, 0.2) is 5.75 Å². The number of likely N-dealkylation sites (tertiary alicyclic amines) is 1. The number of phenols is 1. The molecule has 3 aromatic carbocycles. The average molecular weight is 470 g/mol.